The number of nitrogens with zero attached hydrogens (tertiary/aromatic N) is 4. The number of fused-ring (bicyclic) bond motifs is 4. The Balaban J connectivity index is 1.31. The first-order valence-electron chi connectivity index (χ1n) is 11.9. The molecule has 3 atom stereocenters. The van der Waals surface area contributed by atoms with Crippen LogP contribution in [0, 0.1) is 0 Å². The summed E-state index contributed by atoms with van der Waals surface area (Å²) < 4.78 is 18.7. The van der Waals surface area contributed by atoms with Crippen molar-refractivity contribution in [1.82, 2.24) is 15.3 Å². The predicted molar refractivity (Wildman–Crippen MR) is 135 cm³/mol. The highest BCUT2D eigenvalue weighted by Crippen LogP contribution is 2.45. The minimum Gasteiger partial charge on any atom is -0.377 e. The highest BCUT2D eigenvalue weighted by Gasteiger charge is 2.39. The number of nitrogens with one attached hydrogen (secondary N) is 1. The van der Waals surface area contributed by atoms with E-state index in [1.165, 1.54) is 0 Å². The molecule has 0 spiro atoms. The van der Waals surface area contributed by atoms with E-state index in [2.05, 4.69) is 17.1 Å². The fourth-order valence-electron chi connectivity index (χ4n) is 5.07. The van der Waals surface area contributed by atoms with Crippen LogP contribution in [0.5, 0.6) is 0 Å². The highest BCUT2D eigenvalue weighted by molar-refractivity contribution is 14.1. The van der Waals surface area contributed by atoms with E-state index >= 15 is 0 Å². The van der Waals surface area contributed by atoms with E-state index < -0.39 is 0 Å². The molecule has 1 aromatic heterocycles. The first kappa shape index (κ1) is 22.4. The Bertz CT molecular complexity index is 1080. The Morgan fingerprint density at radius 3 is 2.71 bits per heavy atom. The zero-order chi connectivity index (χ0) is 23.2. The normalized spacial score (nSPS) is 26.1. The minimum atomic E-state index is -0.147. The van der Waals surface area contributed by atoms with Gasteiger partial charge < -0.3 is 24.4 Å². The maximum Gasteiger partial charge on any atom is 0.331 e. The zero-order valence-corrected chi connectivity index (χ0v) is 21.2. The predicted octanol–water partition coefficient (Wildman–Crippen LogP) is 3.41. The molecule has 34 heavy (non-hydrogen) atoms. The third-order valence-corrected chi connectivity index (χ3v) is 7.99. The summed E-state index contributed by atoms with van der Waals surface area (Å²) in [5.41, 5.74) is 4.01. The number of urea groups is 1. The maximum atomic E-state index is 12.5. The summed E-state index contributed by atoms with van der Waals surface area (Å²) in [5, 5.41) is 2.96. The van der Waals surface area contributed by atoms with Gasteiger partial charge in [0, 0.05) is 24.1 Å². The van der Waals surface area contributed by atoms with Gasteiger partial charge in [0.1, 0.15) is 5.82 Å². The van der Waals surface area contributed by atoms with Crippen molar-refractivity contribution in [1.29, 1.82) is 0 Å². The van der Waals surface area contributed by atoms with Crippen LogP contribution in [0.1, 0.15) is 37.1 Å². The summed E-state index contributed by atoms with van der Waals surface area (Å²) in [5.74, 6) is 1.71. The van der Waals surface area contributed by atoms with E-state index in [-0.39, 0.29) is 30.3 Å². The van der Waals surface area contributed by atoms with Crippen molar-refractivity contribution in [3.8, 4) is 11.4 Å². The molecule has 4 aliphatic rings. The molecule has 2 aromatic rings. The standard InChI is InChI=1S/C24H28IN5O4/c1-14-11-32-9-8-29(14)23-21-19(10-18-6-7-20(21)34-18)27-22(28-23)15-2-4-17(5-3-15)30(25)24(31)26-16-12-33-13-16/h2-5,14,16,18,20H,6-13H2,1H3,(H,26,31)/t14-,18-,20+/m0/s1. The lowest BCUT2D eigenvalue weighted by molar-refractivity contribution is 0.000614. The lowest BCUT2D eigenvalue weighted by atomic mass is 10.0. The van der Waals surface area contributed by atoms with Gasteiger partial charge in [-0.25, -0.2) is 17.9 Å². The number of anilines is 2. The van der Waals surface area contributed by atoms with E-state index in [9.17, 15) is 4.79 Å². The second-order valence-corrected chi connectivity index (χ2v) is 10.4. The van der Waals surface area contributed by atoms with Crippen LogP contribution in [0.2, 0.25) is 0 Å². The topological polar surface area (TPSA) is 89.1 Å². The van der Waals surface area contributed by atoms with Crippen molar-refractivity contribution in [3.05, 3.63) is 35.5 Å². The molecule has 6 rings (SSSR count). The number of amides is 2. The summed E-state index contributed by atoms with van der Waals surface area (Å²) >= 11 is 2.03. The number of carbonyl (C=O) groups is 1. The van der Waals surface area contributed by atoms with Crippen molar-refractivity contribution in [2.45, 2.75) is 50.5 Å². The summed E-state index contributed by atoms with van der Waals surface area (Å²) in [6.45, 7) is 5.52. The summed E-state index contributed by atoms with van der Waals surface area (Å²) in [7, 11) is 0. The van der Waals surface area contributed by atoms with Gasteiger partial charge in [-0.3, -0.25) is 0 Å². The van der Waals surface area contributed by atoms with Gasteiger partial charge in [0.05, 0.1) is 85.0 Å². The first-order valence-corrected chi connectivity index (χ1v) is 12.9. The van der Waals surface area contributed by atoms with Crippen LogP contribution in [0.4, 0.5) is 16.3 Å². The number of rotatable bonds is 4. The van der Waals surface area contributed by atoms with E-state index in [0.717, 1.165) is 60.0 Å². The molecule has 9 nitrogen and oxygen atoms in total. The number of morpholine rings is 1. The minimum absolute atomic E-state index is 0.0855. The van der Waals surface area contributed by atoms with E-state index in [1.54, 1.807) is 3.11 Å². The molecule has 0 unspecified atom stereocenters. The number of halogens is 1. The second-order valence-electron chi connectivity index (χ2n) is 9.39. The average molecular weight is 577 g/mol. The smallest absolute Gasteiger partial charge is 0.331 e. The molecule has 0 radical (unpaired) electrons. The van der Waals surface area contributed by atoms with Gasteiger partial charge in [-0.1, -0.05) is 0 Å². The Labute approximate surface area is 212 Å². The molecule has 0 aliphatic carbocycles. The molecule has 2 amide bonds. The van der Waals surface area contributed by atoms with Gasteiger partial charge in [0.15, 0.2) is 5.82 Å². The van der Waals surface area contributed by atoms with Gasteiger partial charge in [-0.05, 0) is 44.0 Å². The first-order chi connectivity index (χ1) is 16.6. The molecule has 2 bridgehead atoms. The van der Waals surface area contributed by atoms with Gasteiger partial charge >= 0.3 is 6.03 Å². The Hall–Kier alpha value is -2.02. The van der Waals surface area contributed by atoms with Gasteiger partial charge in [0.2, 0.25) is 0 Å². The molecule has 10 heteroatoms. The zero-order valence-electron chi connectivity index (χ0n) is 19.1. The number of hydrogen-bond donors (Lipinski definition) is 1. The number of benzene rings is 1. The van der Waals surface area contributed by atoms with Gasteiger partial charge in [0.25, 0.3) is 0 Å². The van der Waals surface area contributed by atoms with Crippen LogP contribution in [0.25, 0.3) is 11.4 Å². The lowest BCUT2D eigenvalue weighted by Crippen LogP contribution is -2.51. The summed E-state index contributed by atoms with van der Waals surface area (Å²) in [6, 6.07) is 8.04. The Morgan fingerprint density at radius 1 is 1.15 bits per heavy atom. The fourth-order valence-corrected chi connectivity index (χ4v) is 5.53. The third-order valence-electron chi connectivity index (χ3n) is 6.99. The largest absolute Gasteiger partial charge is 0.377 e. The van der Waals surface area contributed by atoms with Gasteiger partial charge in [-0.15, -0.1) is 0 Å². The molecule has 3 fully saturated rings. The molecule has 3 saturated heterocycles. The van der Waals surface area contributed by atoms with Crippen molar-refractivity contribution < 1.29 is 19.0 Å². The van der Waals surface area contributed by atoms with Crippen molar-refractivity contribution in [3.63, 3.8) is 0 Å². The van der Waals surface area contributed by atoms with Crippen LogP contribution in [0.3, 0.4) is 0 Å². The number of aromatic nitrogens is 2. The molecule has 1 N–H and O–H groups in total. The molecular formula is C24H28IN5O4. The van der Waals surface area contributed by atoms with E-state index in [0.29, 0.717) is 26.4 Å². The van der Waals surface area contributed by atoms with E-state index in [1.807, 2.05) is 47.1 Å². The SMILES string of the molecule is C[C@H]1COCCN1c1nc(-c2ccc(N(I)C(=O)NC3COC3)cc2)nc2c1[C@H]1CC[C@@H](C2)O1. The molecule has 4 aliphatic heterocycles. The van der Waals surface area contributed by atoms with Crippen LogP contribution in [-0.2, 0) is 20.6 Å². The number of carbonyl (C=O) groups excluding carboxylic acids is 1. The number of hydrogen-bond acceptors (Lipinski definition) is 7. The summed E-state index contributed by atoms with van der Waals surface area (Å²) in [6.07, 6.45) is 3.27. The second kappa shape index (κ2) is 9.21. The Morgan fingerprint density at radius 2 is 1.97 bits per heavy atom. The monoisotopic (exact) mass is 577 g/mol. The highest BCUT2D eigenvalue weighted by atomic mass is 127. The molecule has 1 aromatic carbocycles. The van der Waals surface area contributed by atoms with Crippen molar-refractivity contribution in [2.75, 3.05) is 41.0 Å². The van der Waals surface area contributed by atoms with Crippen LogP contribution in [0.15, 0.2) is 24.3 Å². The fraction of sp³-hybridized carbons (Fsp3) is 0.542. The molecular weight excluding hydrogens is 549 g/mol. The average Bonchev–Trinajstić information content (AvgIpc) is 3.21. The van der Waals surface area contributed by atoms with Crippen LogP contribution < -0.4 is 13.3 Å². The van der Waals surface area contributed by atoms with Crippen LogP contribution >= 0.6 is 22.9 Å². The van der Waals surface area contributed by atoms with E-state index in [4.69, 9.17) is 24.2 Å². The Kier molecular flexibility index (Phi) is 6.08. The summed E-state index contributed by atoms with van der Waals surface area (Å²) in [4.78, 5) is 24.9. The van der Waals surface area contributed by atoms with Crippen molar-refractivity contribution >= 4 is 40.4 Å². The third kappa shape index (κ3) is 4.14. The van der Waals surface area contributed by atoms with Crippen LogP contribution in [-0.4, -0.2) is 67.2 Å². The lowest BCUT2D eigenvalue weighted by Gasteiger charge is -2.37. The molecule has 0 saturated carbocycles. The van der Waals surface area contributed by atoms with Crippen molar-refractivity contribution in [2.24, 2.45) is 0 Å². The molecule has 5 heterocycles. The maximum absolute atomic E-state index is 12.5. The number of ether oxygens (including phenoxy) is 3. The quantitative estimate of drug-likeness (QED) is 0.440. The van der Waals surface area contributed by atoms with Gasteiger partial charge in [-0.2, -0.15) is 0 Å². The molecule has 180 valence electrons.